The summed E-state index contributed by atoms with van der Waals surface area (Å²) in [6.45, 7) is 0.215. The number of hydrogen-bond donors (Lipinski definition) is 4. The molecule has 0 spiro atoms. The molecule has 0 bridgehead atoms. The van der Waals surface area contributed by atoms with E-state index in [-0.39, 0.29) is 85.9 Å². The minimum absolute atomic E-state index is 0. The van der Waals surface area contributed by atoms with Gasteiger partial charge in [-0.05, 0) is 83.9 Å². The summed E-state index contributed by atoms with van der Waals surface area (Å²) in [7, 11) is 0. The van der Waals surface area contributed by atoms with E-state index in [1.54, 1.807) is 12.1 Å². The third-order valence-corrected chi connectivity index (χ3v) is 7.85. The molecule has 0 aliphatic heterocycles. The van der Waals surface area contributed by atoms with E-state index < -0.39 is 35.5 Å². The second-order valence-electron chi connectivity index (χ2n) is 11.9. The summed E-state index contributed by atoms with van der Waals surface area (Å²) < 4.78 is 53.5. The molecule has 4 N–H and O–H groups in total. The van der Waals surface area contributed by atoms with Gasteiger partial charge >= 0.3 is 0 Å². The van der Waals surface area contributed by atoms with E-state index >= 15 is 0 Å². The Labute approximate surface area is 347 Å². The zero-order chi connectivity index (χ0) is 39.2. The molecule has 0 unspecified atom stereocenters. The van der Waals surface area contributed by atoms with Crippen molar-refractivity contribution < 1.29 is 72.1 Å². The molecule has 0 saturated heterocycles. The van der Waals surface area contributed by atoms with Crippen molar-refractivity contribution in [3.63, 3.8) is 0 Å². The van der Waals surface area contributed by atoms with Crippen LogP contribution in [0.3, 0.4) is 0 Å². The van der Waals surface area contributed by atoms with Gasteiger partial charge in [0, 0.05) is 81.2 Å². The fourth-order valence-electron chi connectivity index (χ4n) is 4.99. The van der Waals surface area contributed by atoms with Crippen LogP contribution in [-0.2, 0) is 34.1 Å². The maximum atomic E-state index is 13.4. The van der Waals surface area contributed by atoms with Crippen molar-refractivity contribution in [2.24, 2.45) is 20.0 Å². The van der Waals surface area contributed by atoms with Crippen LogP contribution < -0.4 is 0 Å². The molecule has 0 aliphatic rings. The number of halogens is 4. The van der Waals surface area contributed by atoms with Crippen LogP contribution in [0.4, 0.5) is 17.6 Å². The van der Waals surface area contributed by atoms with Crippen molar-refractivity contribution in [3.05, 3.63) is 190 Å². The molecule has 14 heteroatoms. The zero-order valence-electron chi connectivity index (χ0n) is 29.6. The van der Waals surface area contributed by atoms with Gasteiger partial charge in [-0.25, -0.2) is 17.6 Å². The predicted octanol–water partition coefficient (Wildman–Crippen LogP) is 9.26. The topological polar surface area (TPSA) is 130 Å². The molecule has 0 aliphatic carbocycles. The Morgan fingerprint density at radius 1 is 0.421 bits per heavy atom. The average molecular weight is 874 g/mol. The van der Waals surface area contributed by atoms with Gasteiger partial charge in [0.2, 0.25) is 0 Å². The minimum Gasteiger partial charge on any atom is -0.507 e. The average Bonchev–Trinajstić information content (AvgIpc) is 3.19. The van der Waals surface area contributed by atoms with Gasteiger partial charge in [0.25, 0.3) is 0 Å². The molecule has 0 saturated carbocycles. The minimum atomic E-state index is -0.725. The van der Waals surface area contributed by atoms with E-state index in [1.165, 1.54) is 61.3 Å². The molecule has 6 rings (SSSR count). The van der Waals surface area contributed by atoms with Gasteiger partial charge in [0.1, 0.15) is 46.3 Å². The van der Waals surface area contributed by atoms with E-state index in [1.807, 2.05) is 48.5 Å². The van der Waals surface area contributed by atoms with Crippen molar-refractivity contribution in [3.8, 4) is 23.0 Å². The predicted molar refractivity (Wildman–Crippen MR) is 206 cm³/mol. The number of nitrogens with zero attached hydrogens (tertiary/aromatic N) is 4. The third kappa shape index (κ3) is 13.9. The van der Waals surface area contributed by atoms with Crippen molar-refractivity contribution in [2.75, 3.05) is 6.54 Å². The number of phenolic OH excluding ortho intramolecular Hbond substituents is 4. The molecule has 0 fully saturated rings. The quantitative estimate of drug-likeness (QED) is 0.0588. The molecular weight excluding hydrogens is 840 g/mol. The van der Waals surface area contributed by atoms with Crippen molar-refractivity contribution in [1.29, 1.82) is 0 Å². The van der Waals surface area contributed by atoms with E-state index in [0.717, 1.165) is 47.5 Å². The smallest absolute Gasteiger partial charge is 0.165 e. The van der Waals surface area contributed by atoms with E-state index in [2.05, 4.69) is 20.0 Å². The first-order valence-corrected chi connectivity index (χ1v) is 16.7. The van der Waals surface area contributed by atoms with Crippen LogP contribution >= 0.6 is 0 Å². The SMILES string of the molecule is Oc1ccc(F)cc1/C=N/C(/N=C/c1cc(F)ccc1O)c1ccccc1.Oc1ccc(F)cc1C=NC[C@H](N=Cc1cc(F)ccc1O)c1ccccc1.[Cu].[Cu]. The first kappa shape index (κ1) is 45.3. The second-order valence-corrected chi connectivity index (χ2v) is 11.9. The molecule has 1 atom stereocenters. The number of rotatable bonds is 11. The fraction of sp³-hybridized carbons (Fsp3) is 0.0698. The van der Waals surface area contributed by atoms with Gasteiger partial charge in [-0.15, -0.1) is 0 Å². The Bertz CT molecular complexity index is 2270. The number of aliphatic imine (C=N–C) groups is 4. The molecule has 6 aromatic carbocycles. The maximum absolute atomic E-state index is 13.4. The van der Waals surface area contributed by atoms with Crippen LogP contribution in [0, 0.1) is 23.3 Å². The first-order chi connectivity index (χ1) is 26.5. The summed E-state index contributed by atoms with van der Waals surface area (Å²) in [4.78, 5) is 17.3. The number of benzene rings is 6. The van der Waals surface area contributed by atoms with Crippen molar-refractivity contribution >= 4 is 24.9 Å². The van der Waals surface area contributed by atoms with Gasteiger partial charge in [-0.2, -0.15) is 0 Å². The van der Waals surface area contributed by atoms with E-state index in [9.17, 15) is 38.0 Å². The Kier molecular flexibility index (Phi) is 17.9. The van der Waals surface area contributed by atoms with Crippen LogP contribution in [0.2, 0.25) is 0 Å². The molecular formula is C43H34Cu2F4N4O4. The summed E-state index contributed by atoms with van der Waals surface area (Å²) >= 11 is 0. The van der Waals surface area contributed by atoms with Gasteiger partial charge in [-0.3, -0.25) is 20.0 Å². The molecule has 6 aromatic rings. The van der Waals surface area contributed by atoms with Crippen LogP contribution in [0.5, 0.6) is 23.0 Å². The maximum Gasteiger partial charge on any atom is 0.165 e. The Hall–Kier alpha value is -6.04. The number of hydrogen-bond acceptors (Lipinski definition) is 8. The molecule has 0 amide bonds. The molecule has 57 heavy (non-hydrogen) atoms. The molecule has 300 valence electrons. The van der Waals surface area contributed by atoms with Crippen LogP contribution in [0.15, 0.2) is 153 Å². The third-order valence-electron chi connectivity index (χ3n) is 7.85. The molecule has 0 aromatic heterocycles. The molecule has 8 nitrogen and oxygen atoms in total. The van der Waals surface area contributed by atoms with Crippen molar-refractivity contribution in [1.82, 2.24) is 0 Å². The first-order valence-electron chi connectivity index (χ1n) is 16.7. The summed E-state index contributed by atoms with van der Waals surface area (Å²) in [5, 5.41) is 39.3. The van der Waals surface area contributed by atoms with Gasteiger partial charge < -0.3 is 20.4 Å². The standard InChI is InChI=1S/C22H18F2N2O2.C21H16F2N2O2.2Cu/c23-18-6-8-21(27)16(10-18)12-25-14-20(15-4-2-1-3-5-15)26-13-17-11-19(24)7-9-22(17)28;22-17-6-8-19(26)15(10-17)12-24-21(14-4-2-1-3-5-14)25-13-16-11-18(23)7-9-20(16)27;;/h1-13,20,27-28H,14H2;1-13,21,26-27H;;/b;24-12+,25-13+;;/t20-;;;/m0.../s1. The van der Waals surface area contributed by atoms with Gasteiger partial charge in [0.15, 0.2) is 6.17 Å². The summed E-state index contributed by atoms with van der Waals surface area (Å²) in [6, 6.07) is 32.3. The molecule has 2 radical (unpaired) electrons. The van der Waals surface area contributed by atoms with Crippen LogP contribution in [0.25, 0.3) is 0 Å². The summed E-state index contributed by atoms with van der Waals surface area (Å²) in [5.41, 5.74) is 2.54. The van der Waals surface area contributed by atoms with Gasteiger partial charge in [-0.1, -0.05) is 60.7 Å². The molecule has 0 heterocycles. The van der Waals surface area contributed by atoms with Gasteiger partial charge in [0.05, 0.1) is 12.6 Å². The van der Waals surface area contributed by atoms with Crippen LogP contribution in [0.1, 0.15) is 45.6 Å². The number of aromatic hydroxyl groups is 4. The van der Waals surface area contributed by atoms with Crippen LogP contribution in [-0.4, -0.2) is 51.8 Å². The Balaban J connectivity index is 0.000000295. The van der Waals surface area contributed by atoms with E-state index in [0.29, 0.717) is 0 Å². The second kappa shape index (κ2) is 22.5. The summed E-state index contributed by atoms with van der Waals surface area (Å²) in [6.07, 6.45) is 4.68. The zero-order valence-corrected chi connectivity index (χ0v) is 31.4. The summed E-state index contributed by atoms with van der Waals surface area (Å²) in [5.74, 6) is -2.33. The number of phenols is 4. The fourth-order valence-corrected chi connectivity index (χ4v) is 4.99. The van der Waals surface area contributed by atoms with Crippen molar-refractivity contribution in [2.45, 2.75) is 12.2 Å². The monoisotopic (exact) mass is 872 g/mol. The Morgan fingerprint density at radius 3 is 1.14 bits per heavy atom. The van der Waals surface area contributed by atoms with E-state index in [4.69, 9.17) is 0 Å². The largest absolute Gasteiger partial charge is 0.507 e. The Morgan fingerprint density at radius 2 is 0.754 bits per heavy atom. The normalized spacial score (nSPS) is 11.7.